The molecule has 18 heavy (non-hydrogen) atoms. The largest absolute Gasteiger partial charge is 0.384 e. The molecule has 2 aromatic rings. The summed E-state index contributed by atoms with van der Waals surface area (Å²) < 4.78 is 1.03. The zero-order valence-corrected chi connectivity index (χ0v) is 12.5. The molecule has 94 valence electrons. The molecule has 0 saturated carbocycles. The van der Waals surface area contributed by atoms with Crippen molar-refractivity contribution in [3.8, 4) is 0 Å². The van der Waals surface area contributed by atoms with E-state index in [1.54, 1.807) is 0 Å². The van der Waals surface area contributed by atoms with Gasteiger partial charge in [0.2, 0.25) is 0 Å². The summed E-state index contributed by atoms with van der Waals surface area (Å²) in [7, 11) is 0. The van der Waals surface area contributed by atoms with Crippen LogP contribution in [0, 0.1) is 20.8 Å². The molecule has 0 aliphatic heterocycles. The average Bonchev–Trinajstić information content (AvgIpc) is 2.35. The van der Waals surface area contributed by atoms with Crippen molar-refractivity contribution in [2.24, 2.45) is 0 Å². The van der Waals surface area contributed by atoms with Crippen LogP contribution in [0.25, 0.3) is 0 Å². The second-order valence-electron chi connectivity index (χ2n) is 4.72. The maximum atomic E-state index is 10.6. The highest BCUT2D eigenvalue weighted by Gasteiger charge is 2.16. The summed E-state index contributed by atoms with van der Waals surface area (Å²) in [4.78, 5) is 0. The number of halogens is 1. The third kappa shape index (κ3) is 2.50. The smallest absolute Gasteiger partial charge is 0.105 e. The lowest BCUT2D eigenvalue weighted by atomic mass is 9.93. The molecule has 2 rings (SSSR count). The molecule has 0 radical (unpaired) electrons. The van der Waals surface area contributed by atoms with E-state index in [2.05, 4.69) is 34.1 Å². The maximum absolute atomic E-state index is 10.6. The quantitative estimate of drug-likeness (QED) is 0.868. The van der Waals surface area contributed by atoms with E-state index in [0.717, 1.165) is 26.7 Å². The van der Waals surface area contributed by atoms with Crippen LogP contribution in [0.2, 0.25) is 0 Å². The van der Waals surface area contributed by atoms with Crippen LogP contribution >= 0.6 is 15.9 Å². The molecule has 2 aromatic carbocycles. The Balaban J connectivity index is 2.51. The topological polar surface area (TPSA) is 20.2 Å². The van der Waals surface area contributed by atoms with Gasteiger partial charge in [-0.05, 0) is 49.1 Å². The minimum absolute atomic E-state index is 0.567. The number of benzene rings is 2. The van der Waals surface area contributed by atoms with E-state index < -0.39 is 6.10 Å². The SMILES string of the molecule is Cc1ccc(C)c(C(O)c2cccc(Br)c2C)c1. The highest BCUT2D eigenvalue weighted by atomic mass is 79.9. The summed E-state index contributed by atoms with van der Waals surface area (Å²) in [5, 5.41) is 10.6. The number of rotatable bonds is 2. The van der Waals surface area contributed by atoms with Crippen LogP contribution in [0.4, 0.5) is 0 Å². The molecule has 0 fully saturated rings. The zero-order valence-electron chi connectivity index (χ0n) is 10.9. The maximum Gasteiger partial charge on any atom is 0.105 e. The fourth-order valence-electron chi connectivity index (χ4n) is 2.14. The zero-order chi connectivity index (χ0) is 13.3. The summed E-state index contributed by atoms with van der Waals surface area (Å²) >= 11 is 3.51. The van der Waals surface area contributed by atoms with Crippen molar-refractivity contribution in [2.45, 2.75) is 26.9 Å². The Morgan fingerprint density at radius 2 is 1.72 bits per heavy atom. The standard InChI is InChI=1S/C16H17BrO/c1-10-7-8-11(2)14(9-10)16(18)13-5-4-6-15(17)12(13)3/h4-9,16,18H,1-3H3. The third-order valence-corrected chi connectivity index (χ3v) is 4.19. The van der Waals surface area contributed by atoms with Crippen molar-refractivity contribution in [3.63, 3.8) is 0 Å². The molecule has 0 saturated heterocycles. The van der Waals surface area contributed by atoms with Crippen molar-refractivity contribution in [3.05, 3.63) is 68.7 Å². The summed E-state index contributed by atoms with van der Waals surface area (Å²) in [6.07, 6.45) is -0.567. The van der Waals surface area contributed by atoms with Gasteiger partial charge in [-0.3, -0.25) is 0 Å². The lowest BCUT2D eigenvalue weighted by Gasteiger charge is -2.17. The van der Waals surface area contributed by atoms with Gasteiger partial charge in [-0.25, -0.2) is 0 Å². The van der Waals surface area contributed by atoms with Crippen molar-refractivity contribution >= 4 is 15.9 Å². The van der Waals surface area contributed by atoms with Crippen LogP contribution in [0.5, 0.6) is 0 Å². The minimum atomic E-state index is -0.567. The van der Waals surface area contributed by atoms with Crippen LogP contribution in [0.1, 0.15) is 33.9 Å². The molecule has 0 heterocycles. The highest BCUT2D eigenvalue weighted by Crippen LogP contribution is 2.30. The number of hydrogen-bond acceptors (Lipinski definition) is 1. The summed E-state index contributed by atoms with van der Waals surface area (Å²) in [6.45, 7) is 6.10. The van der Waals surface area contributed by atoms with Crippen LogP contribution in [-0.4, -0.2) is 5.11 Å². The van der Waals surface area contributed by atoms with E-state index in [0.29, 0.717) is 0 Å². The Kier molecular flexibility index (Phi) is 3.88. The summed E-state index contributed by atoms with van der Waals surface area (Å²) in [6, 6.07) is 12.1. The van der Waals surface area contributed by atoms with E-state index >= 15 is 0 Å². The molecule has 0 aliphatic rings. The van der Waals surface area contributed by atoms with Crippen molar-refractivity contribution < 1.29 is 5.11 Å². The van der Waals surface area contributed by atoms with Gasteiger partial charge in [-0.15, -0.1) is 0 Å². The lowest BCUT2D eigenvalue weighted by molar-refractivity contribution is 0.218. The average molecular weight is 305 g/mol. The van der Waals surface area contributed by atoms with Gasteiger partial charge in [-0.1, -0.05) is 51.8 Å². The second-order valence-corrected chi connectivity index (χ2v) is 5.57. The predicted octanol–water partition coefficient (Wildman–Crippen LogP) is 4.46. The van der Waals surface area contributed by atoms with E-state index in [1.807, 2.05) is 39.0 Å². The first-order valence-corrected chi connectivity index (χ1v) is 6.80. The highest BCUT2D eigenvalue weighted by molar-refractivity contribution is 9.10. The fraction of sp³-hybridized carbons (Fsp3) is 0.250. The molecule has 1 unspecified atom stereocenters. The predicted molar refractivity (Wildman–Crippen MR) is 78.9 cm³/mol. The number of aryl methyl sites for hydroxylation is 2. The van der Waals surface area contributed by atoms with Gasteiger partial charge in [0, 0.05) is 4.47 Å². The summed E-state index contributed by atoms with van der Waals surface area (Å²) in [5.74, 6) is 0. The van der Waals surface area contributed by atoms with Gasteiger partial charge in [-0.2, -0.15) is 0 Å². The van der Waals surface area contributed by atoms with Gasteiger partial charge < -0.3 is 5.11 Å². The van der Waals surface area contributed by atoms with E-state index in [4.69, 9.17) is 0 Å². The van der Waals surface area contributed by atoms with Gasteiger partial charge in [0.25, 0.3) is 0 Å². The Morgan fingerprint density at radius 3 is 2.44 bits per heavy atom. The first kappa shape index (κ1) is 13.3. The number of aliphatic hydroxyl groups is 1. The number of aliphatic hydroxyl groups excluding tert-OH is 1. The van der Waals surface area contributed by atoms with E-state index in [1.165, 1.54) is 5.56 Å². The van der Waals surface area contributed by atoms with Gasteiger partial charge in [0.1, 0.15) is 6.10 Å². The molecule has 2 heteroatoms. The van der Waals surface area contributed by atoms with Crippen molar-refractivity contribution in [2.75, 3.05) is 0 Å². The molecule has 0 amide bonds. The molecule has 0 spiro atoms. The molecule has 1 atom stereocenters. The first-order chi connectivity index (χ1) is 8.50. The molecule has 0 aromatic heterocycles. The van der Waals surface area contributed by atoms with Gasteiger partial charge in [0.15, 0.2) is 0 Å². The van der Waals surface area contributed by atoms with Crippen LogP contribution < -0.4 is 0 Å². The Bertz CT molecular complexity index is 573. The number of hydrogen-bond donors (Lipinski definition) is 1. The van der Waals surface area contributed by atoms with Gasteiger partial charge in [0.05, 0.1) is 0 Å². The molecule has 1 nitrogen and oxygen atoms in total. The Labute approximate surface area is 117 Å². The second kappa shape index (κ2) is 5.25. The normalized spacial score (nSPS) is 12.5. The Morgan fingerprint density at radius 1 is 1.00 bits per heavy atom. The molecular formula is C16H17BrO. The molecule has 0 aliphatic carbocycles. The van der Waals surface area contributed by atoms with Crippen LogP contribution in [-0.2, 0) is 0 Å². The van der Waals surface area contributed by atoms with E-state index in [9.17, 15) is 5.11 Å². The van der Waals surface area contributed by atoms with E-state index in [-0.39, 0.29) is 0 Å². The molecular weight excluding hydrogens is 288 g/mol. The first-order valence-electron chi connectivity index (χ1n) is 6.01. The third-order valence-electron chi connectivity index (χ3n) is 3.33. The monoisotopic (exact) mass is 304 g/mol. The summed E-state index contributed by atoms with van der Waals surface area (Å²) in [5.41, 5.74) is 5.31. The van der Waals surface area contributed by atoms with Crippen molar-refractivity contribution in [1.29, 1.82) is 0 Å². The minimum Gasteiger partial charge on any atom is -0.384 e. The molecule has 1 N–H and O–H groups in total. The molecule has 0 bridgehead atoms. The van der Waals surface area contributed by atoms with Crippen molar-refractivity contribution in [1.82, 2.24) is 0 Å². The van der Waals surface area contributed by atoms with Crippen LogP contribution in [0.3, 0.4) is 0 Å². The fourth-order valence-corrected chi connectivity index (χ4v) is 2.52. The van der Waals surface area contributed by atoms with Crippen LogP contribution in [0.15, 0.2) is 40.9 Å². The lowest BCUT2D eigenvalue weighted by Crippen LogP contribution is -2.04. The van der Waals surface area contributed by atoms with Gasteiger partial charge >= 0.3 is 0 Å². The Hall–Kier alpha value is -1.12.